The Bertz CT molecular complexity index is 602. The van der Waals surface area contributed by atoms with Crippen molar-refractivity contribution in [3.8, 4) is 0 Å². The van der Waals surface area contributed by atoms with Crippen molar-refractivity contribution < 1.29 is 8.42 Å². The van der Waals surface area contributed by atoms with Crippen molar-refractivity contribution in [1.82, 2.24) is 4.31 Å². The van der Waals surface area contributed by atoms with E-state index >= 15 is 0 Å². The number of benzene rings is 1. The molecule has 0 bridgehead atoms. The number of sulfonamides is 1. The Morgan fingerprint density at radius 1 is 1.14 bits per heavy atom. The maximum absolute atomic E-state index is 12.8. The Kier molecular flexibility index (Phi) is 5.55. The van der Waals surface area contributed by atoms with Crippen LogP contribution in [0.2, 0.25) is 0 Å². The van der Waals surface area contributed by atoms with E-state index in [9.17, 15) is 8.42 Å². The van der Waals surface area contributed by atoms with E-state index in [4.69, 9.17) is 0 Å². The molecule has 6 heteroatoms. The molecule has 118 valence electrons. The molecule has 1 saturated heterocycles. The third-order valence-corrected chi connectivity index (χ3v) is 8.16. The second-order valence-corrected chi connectivity index (χ2v) is 9.36. The Balaban J connectivity index is 2.22. The summed E-state index contributed by atoms with van der Waals surface area (Å²) in [4.78, 5) is 0.353. The van der Waals surface area contributed by atoms with Gasteiger partial charge in [0.05, 0.1) is 4.90 Å². The maximum atomic E-state index is 12.8. The molecule has 0 spiro atoms. The molecule has 0 N–H and O–H groups in total. The predicted molar refractivity (Wildman–Crippen MR) is 92.8 cm³/mol. The van der Waals surface area contributed by atoms with Gasteiger partial charge in [0.25, 0.3) is 0 Å². The van der Waals surface area contributed by atoms with Crippen LogP contribution in [0.15, 0.2) is 32.0 Å². The van der Waals surface area contributed by atoms with Crippen LogP contribution in [0.1, 0.15) is 39.5 Å². The lowest BCUT2D eigenvalue weighted by molar-refractivity contribution is 0.141. The summed E-state index contributed by atoms with van der Waals surface area (Å²) in [6, 6.07) is 5.20. The Labute approximate surface area is 144 Å². The van der Waals surface area contributed by atoms with Gasteiger partial charge in [0.1, 0.15) is 0 Å². The van der Waals surface area contributed by atoms with Crippen molar-refractivity contribution in [1.29, 1.82) is 0 Å². The average Bonchev–Trinajstić information content (AvgIpc) is 2.47. The van der Waals surface area contributed by atoms with Gasteiger partial charge in [-0.05, 0) is 52.4 Å². The van der Waals surface area contributed by atoms with Crippen molar-refractivity contribution in [2.75, 3.05) is 13.1 Å². The van der Waals surface area contributed by atoms with Crippen LogP contribution in [0.3, 0.4) is 0 Å². The normalized spacial score (nSPS) is 19.6. The number of hydrogen-bond donors (Lipinski definition) is 0. The highest BCUT2D eigenvalue weighted by Crippen LogP contribution is 2.40. The summed E-state index contributed by atoms with van der Waals surface area (Å²) in [5.74, 6) is 0. The van der Waals surface area contributed by atoms with Crippen molar-refractivity contribution >= 4 is 41.9 Å². The summed E-state index contributed by atoms with van der Waals surface area (Å²) in [6.07, 6.45) is 4.15. The van der Waals surface area contributed by atoms with Gasteiger partial charge in [0.2, 0.25) is 10.0 Å². The zero-order chi connectivity index (χ0) is 15.7. The molecule has 1 aliphatic rings. The Morgan fingerprint density at radius 2 is 1.71 bits per heavy atom. The van der Waals surface area contributed by atoms with Crippen LogP contribution in [0.4, 0.5) is 0 Å². The third-order valence-electron chi connectivity index (χ3n) is 4.79. The molecule has 0 saturated carbocycles. The third kappa shape index (κ3) is 3.54. The predicted octanol–water partition coefficient (Wildman–Crippen LogP) is 4.80. The van der Waals surface area contributed by atoms with Crippen molar-refractivity contribution in [2.24, 2.45) is 5.41 Å². The molecule has 2 rings (SSSR count). The fourth-order valence-electron chi connectivity index (χ4n) is 2.98. The maximum Gasteiger partial charge on any atom is 0.244 e. The first-order valence-electron chi connectivity index (χ1n) is 7.30. The van der Waals surface area contributed by atoms with E-state index in [0.29, 0.717) is 27.9 Å². The van der Waals surface area contributed by atoms with E-state index in [1.54, 1.807) is 22.5 Å². The molecule has 0 aliphatic carbocycles. The molecule has 0 aromatic heterocycles. The summed E-state index contributed by atoms with van der Waals surface area (Å²) in [5, 5.41) is 0. The number of piperidine rings is 1. The highest BCUT2D eigenvalue weighted by molar-refractivity contribution is 9.11. The van der Waals surface area contributed by atoms with Crippen LogP contribution in [0, 0.1) is 5.41 Å². The summed E-state index contributed by atoms with van der Waals surface area (Å²) < 4.78 is 28.7. The quantitative estimate of drug-likeness (QED) is 0.676. The molecule has 0 unspecified atom stereocenters. The van der Waals surface area contributed by atoms with Crippen molar-refractivity contribution in [3.05, 3.63) is 27.1 Å². The van der Waals surface area contributed by atoms with E-state index < -0.39 is 10.0 Å². The first-order valence-corrected chi connectivity index (χ1v) is 10.3. The van der Waals surface area contributed by atoms with Gasteiger partial charge in [-0.1, -0.05) is 42.6 Å². The number of rotatable bonds is 4. The molecule has 1 aromatic carbocycles. The smallest absolute Gasteiger partial charge is 0.207 e. The monoisotopic (exact) mass is 437 g/mol. The second-order valence-electron chi connectivity index (χ2n) is 5.69. The van der Waals surface area contributed by atoms with Gasteiger partial charge in [-0.15, -0.1) is 0 Å². The minimum absolute atomic E-state index is 0.322. The van der Waals surface area contributed by atoms with E-state index in [2.05, 4.69) is 45.7 Å². The minimum Gasteiger partial charge on any atom is -0.207 e. The fraction of sp³-hybridized carbons (Fsp3) is 0.600. The van der Waals surface area contributed by atoms with Gasteiger partial charge in [-0.2, -0.15) is 4.31 Å². The zero-order valence-corrected chi connectivity index (χ0v) is 16.4. The van der Waals surface area contributed by atoms with Crippen LogP contribution < -0.4 is 0 Å². The van der Waals surface area contributed by atoms with E-state index in [1.807, 2.05) is 0 Å². The lowest BCUT2D eigenvalue weighted by Gasteiger charge is -2.40. The first kappa shape index (κ1) is 17.4. The molecule has 0 amide bonds. The van der Waals surface area contributed by atoms with Crippen LogP contribution in [0.25, 0.3) is 0 Å². The van der Waals surface area contributed by atoms with E-state index in [0.717, 1.165) is 30.2 Å². The molecule has 1 aromatic rings. The van der Waals surface area contributed by atoms with Crippen LogP contribution in [-0.2, 0) is 10.0 Å². The van der Waals surface area contributed by atoms with Crippen LogP contribution in [0.5, 0.6) is 0 Å². The number of hydrogen-bond acceptors (Lipinski definition) is 2. The molecule has 0 radical (unpaired) electrons. The summed E-state index contributed by atoms with van der Waals surface area (Å²) >= 11 is 6.72. The van der Waals surface area contributed by atoms with Gasteiger partial charge in [-0.3, -0.25) is 0 Å². The number of nitrogens with zero attached hydrogens (tertiary/aromatic N) is 1. The lowest BCUT2D eigenvalue weighted by atomic mass is 9.75. The number of halogens is 2. The van der Waals surface area contributed by atoms with E-state index in [1.165, 1.54) is 0 Å². The Morgan fingerprint density at radius 3 is 2.19 bits per heavy atom. The van der Waals surface area contributed by atoms with E-state index in [-0.39, 0.29) is 0 Å². The highest BCUT2D eigenvalue weighted by atomic mass is 79.9. The molecular formula is C15H21Br2NO2S. The molecule has 1 aliphatic heterocycles. The second kappa shape index (κ2) is 6.69. The standard InChI is InChI=1S/C15H21Br2NO2S/c1-3-15(4-2)7-9-18(10-8-15)21(19,20)14-6-5-12(16)11-13(14)17/h5-6,11H,3-4,7-10H2,1-2H3. The fourth-order valence-corrected chi connectivity index (χ4v) is 6.13. The van der Waals surface area contributed by atoms with Gasteiger partial charge >= 0.3 is 0 Å². The van der Waals surface area contributed by atoms with Gasteiger partial charge in [0.15, 0.2) is 0 Å². The summed E-state index contributed by atoms with van der Waals surface area (Å²) in [7, 11) is -3.41. The van der Waals surface area contributed by atoms with Crippen LogP contribution in [-0.4, -0.2) is 25.8 Å². The topological polar surface area (TPSA) is 37.4 Å². The zero-order valence-electron chi connectivity index (χ0n) is 12.4. The SMILES string of the molecule is CCC1(CC)CCN(S(=O)(=O)c2ccc(Br)cc2Br)CC1. The van der Waals surface area contributed by atoms with Crippen molar-refractivity contribution in [2.45, 2.75) is 44.4 Å². The first-order chi connectivity index (χ1) is 9.84. The van der Waals surface area contributed by atoms with Gasteiger partial charge in [0, 0.05) is 22.0 Å². The van der Waals surface area contributed by atoms with Crippen molar-refractivity contribution in [3.63, 3.8) is 0 Å². The molecule has 1 fully saturated rings. The largest absolute Gasteiger partial charge is 0.244 e. The van der Waals surface area contributed by atoms with Gasteiger partial charge < -0.3 is 0 Å². The van der Waals surface area contributed by atoms with Crippen LogP contribution >= 0.6 is 31.9 Å². The lowest BCUT2D eigenvalue weighted by Crippen LogP contribution is -2.42. The molecule has 21 heavy (non-hydrogen) atoms. The molecule has 1 heterocycles. The Hall–Kier alpha value is 0.0900. The molecule has 3 nitrogen and oxygen atoms in total. The average molecular weight is 439 g/mol. The highest BCUT2D eigenvalue weighted by Gasteiger charge is 2.36. The summed E-state index contributed by atoms with van der Waals surface area (Å²) in [5.41, 5.74) is 0.322. The molecular weight excluding hydrogens is 418 g/mol. The summed E-state index contributed by atoms with van der Waals surface area (Å²) in [6.45, 7) is 5.65. The van der Waals surface area contributed by atoms with Gasteiger partial charge in [-0.25, -0.2) is 8.42 Å². The molecule has 0 atom stereocenters. The minimum atomic E-state index is -3.41.